The van der Waals surface area contributed by atoms with Gasteiger partial charge in [0.2, 0.25) is 11.8 Å². The molecule has 0 saturated carbocycles. The van der Waals surface area contributed by atoms with E-state index in [1.807, 2.05) is 31.2 Å². The van der Waals surface area contributed by atoms with Crippen LogP contribution in [0.25, 0.3) is 0 Å². The Morgan fingerprint density at radius 3 is 2.38 bits per heavy atom. The van der Waals surface area contributed by atoms with Crippen molar-refractivity contribution in [3.05, 3.63) is 29.8 Å². The minimum atomic E-state index is -0.103. The van der Waals surface area contributed by atoms with Crippen LogP contribution in [0.15, 0.2) is 29.4 Å². The molecule has 1 aliphatic rings. The number of amides is 2. The van der Waals surface area contributed by atoms with Gasteiger partial charge in [0.05, 0.1) is 5.71 Å². The van der Waals surface area contributed by atoms with E-state index in [1.165, 1.54) is 26.2 Å². The summed E-state index contributed by atoms with van der Waals surface area (Å²) in [5.74, 6) is -0.163. The molecule has 1 aliphatic heterocycles. The predicted molar refractivity (Wildman–Crippen MR) is 96.0 cm³/mol. The molecule has 1 aromatic rings. The van der Waals surface area contributed by atoms with E-state index in [1.54, 1.807) is 0 Å². The predicted octanol–water partition coefficient (Wildman–Crippen LogP) is 2.36. The summed E-state index contributed by atoms with van der Waals surface area (Å²) in [5, 5.41) is 6.88. The molecule has 0 aromatic heterocycles. The van der Waals surface area contributed by atoms with Crippen LogP contribution in [0.1, 0.15) is 45.1 Å². The van der Waals surface area contributed by atoms with Gasteiger partial charge in [0.15, 0.2) is 0 Å². The summed E-state index contributed by atoms with van der Waals surface area (Å²) in [6.45, 7) is 6.30. The molecular formula is C18H26N4O2. The molecule has 0 spiro atoms. The van der Waals surface area contributed by atoms with Crippen LogP contribution in [-0.4, -0.2) is 42.1 Å². The smallest absolute Gasteiger partial charge is 0.241 e. The molecule has 1 aromatic carbocycles. The fourth-order valence-electron chi connectivity index (χ4n) is 2.71. The number of piperidine rings is 1. The van der Waals surface area contributed by atoms with E-state index in [0.717, 1.165) is 36.6 Å². The quantitative estimate of drug-likeness (QED) is 0.621. The molecular weight excluding hydrogens is 304 g/mol. The minimum Gasteiger partial charge on any atom is -0.326 e. The third-order valence-corrected chi connectivity index (χ3v) is 4.08. The van der Waals surface area contributed by atoms with Gasteiger partial charge in [-0.15, -0.1) is 0 Å². The van der Waals surface area contributed by atoms with E-state index in [-0.39, 0.29) is 11.8 Å². The van der Waals surface area contributed by atoms with E-state index in [2.05, 4.69) is 20.7 Å². The maximum atomic E-state index is 11.9. The largest absolute Gasteiger partial charge is 0.326 e. The van der Waals surface area contributed by atoms with Crippen LogP contribution in [0.3, 0.4) is 0 Å². The first-order valence-electron chi connectivity index (χ1n) is 8.48. The van der Waals surface area contributed by atoms with Crippen molar-refractivity contribution in [1.29, 1.82) is 0 Å². The normalized spacial score (nSPS) is 15.8. The van der Waals surface area contributed by atoms with Crippen LogP contribution in [0.4, 0.5) is 5.69 Å². The molecule has 0 radical (unpaired) electrons. The highest BCUT2D eigenvalue weighted by Gasteiger charge is 2.11. The number of hydrogen-bond donors (Lipinski definition) is 2. The Morgan fingerprint density at radius 2 is 1.75 bits per heavy atom. The van der Waals surface area contributed by atoms with Gasteiger partial charge in [-0.2, -0.15) is 5.10 Å². The summed E-state index contributed by atoms with van der Waals surface area (Å²) in [6.07, 6.45) is 4.23. The molecule has 0 aliphatic carbocycles. The van der Waals surface area contributed by atoms with Gasteiger partial charge in [-0.05, 0) is 50.6 Å². The summed E-state index contributed by atoms with van der Waals surface area (Å²) >= 11 is 0. The van der Waals surface area contributed by atoms with Gasteiger partial charge in [-0.25, -0.2) is 5.43 Å². The number of rotatable bonds is 6. The average Bonchev–Trinajstić information content (AvgIpc) is 2.59. The van der Waals surface area contributed by atoms with Crippen molar-refractivity contribution in [2.75, 3.05) is 25.0 Å². The highest BCUT2D eigenvalue weighted by molar-refractivity contribution is 5.99. The van der Waals surface area contributed by atoms with Gasteiger partial charge in [-0.1, -0.05) is 18.6 Å². The zero-order valence-corrected chi connectivity index (χ0v) is 14.5. The molecule has 0 atom stereocenters. The van der Waals surface area contributed by atoms with E-state index in [0.29, 0.717) is 6.42 Å². The molecule has 1 fully saturated rings. The zero-order valence-electron chi connectivity index (χ0n) is 14.5. The SMILES string of the molecule is CC(=O)Nc1ccc(/C(C)=N/NC(=O)CCN2CCCCC2)cc1. The van der Waals surface area contributed by atoms with Crippen LogP contribution in [-0.2, 0) is 9.59 Å². The van der Waals surface area contributed by atoms with Crippen LogP contribution in [0.2, 0.25) is 0 Å². The number of nitrogens with zero attached hydrogens (tertiary/aromatic N) is 2. The second kappa shape index (κ2) is 9.17. The summed E-state index contributed by atoms with van der Waals surface area (Å²) in [7, 11) is 0. The van der Waals surface area contributed by atoms with Gasteiger partial charge in [0.1, 0.15) is 0 Å². The second-order valence-corrected chi connectivity index (χ2v) is 6.14. The fourth-order valence-corrected chi connectivity index (χ4v) is 2.71. The number of hydrazone groups is 1. The minimum absolute atomic E-state index is 0.0604. The molecule has 1 saturated heterocycles. The van der Waals surface area contributed by atoms with Gasteiger partial charge in [0.25, 0.3) is 0 Å². The number of anilines is 1. The van der Waals surface area contributed by atoms with Crippen molar-refractivity contribution in [3.8, 4) is 0 Å². The van der Waals surface area contributed by atoms with Gasteiger partial charge >= 0.3 is 0 Å². The van der Waals surface area contributed by atoms with Crippen molar-refractivity contribution in [1.82, 2.24) is 10.3 Å². The first kappa shape index (κ1) is 18.1. The summed E-state index contributed by atoms with van der Waals surface area (Å²) in [4.78, 5) is 25.2. The number of carbonyl (C=O) groups excluding carboxylic acids is 2. The zero-order chi connectivity index (χ0) is 17.4. The Kier molecular flexibility index (Phi) is 6.93. The Morgan fingerprint density at radius 1 is 1.08 bits per heavy atom. The third kappa shape index (κ3) is 6.12. The van der Waals surface area contributed by atoms with Crippen molar-refractivity contribution in [2.45, 2.75) is 39.5 Å². The first-order valence-corrected chi connectivity index (χ1v) is 8.48. The highest BCUT2D eigenvalue weighted by atomic mass is 16.2. The van der Waals surface area contributed by atoms with E-state index < -0.39 is 0 Å². The molecule has 0 bridgehead atoms. The summed E-state index contributed by atoms with van der Waals surface area (Å²) in [5.41, 5.74) is 5.00. The van der Waals surface area contributed by atoms with Crippen LogP contribution in [0, 0.1) is 0 Å². The Bertz CT molecular complexity index is 590. The summed E-state index contributed by atoms with van der Waals surface area (Å²) < 4.78 is 0. The summed E-state index contributed by atoms with van der Waals surface area (Å²) in [6, 6.07) is 7.36. The fraction of sp³-hybridized carbons (Fsp3) is 0.500. The van der Waals surface area contributed by atoms with Gasteiger partial charge in [-0.3, -0.25) is 9.59 Å². The lowest BCUT2D eigenvalue weighted by molar-refractivity contribution is -0.121. The van der Waals surface area contributed by atoms with E-state index in [9.17, 15) is 9.59 Å². The Labute approximate surface area is 143 Å². The lowest BCUT2D eigenvalue weighted by atomic mass is 10.1. The molecule has 1 heterocycles. The van der Waals surface area contributed by atoms with Crippen molar-refractivity contribution in [2.24, 2.45) is 5.10 Å². The topological polar surface area (TPSA) is 73.8 Å². The van der Waals surface area contributed by atoms with Crippen LogP contribution < -0.4 is 10.7 Å². The molecule has 2 rings (SSSR count). The number of likely N-dealkylation sites (tertiary alicyclic amines) is 1. The van der Waals surface area contributed by atoms with Gasteiger partial charge < -0.3 is 10.2 Å². The van der Waals surface area contributed by atoms with E-state index >= 15 is 0 Å². The number of nitrogens with one attached hydrogen (secondary N) is 2. The standard InChI is InChI=1S/C18H26N4O2/c1-14(16-6-8-17(9-7-16)19-15(2)23)20-21-18(24)10-13-22-11-4-3-5-12-22/h6-9H,3-5,10-13H2,1-2H3,(H,19,23)(H,21,24)/b20-14+. The van der Waals surface area contributed by atoms with Crippen LogP contribution >= 0.6 is 0 Å². The lowest BCUT2D eigenvalue weighted by Crippen LogP contribution is -2.33. The monoisotopic (exact) mass is 330 g/mol. The third-order valence-electron chi connectivity index (χ3n) is 4.08. The molecule has 0 unspecified atom stereocenters. The lowest BCUT2D eigenvalue weighted by Gasteiger charge is -2.25. The first-order chi connectivity index (χ1) is 11.5. The van der Waals surface area contributed by atoms with E-state index in [4.69, 9.17) is 0 Å². The average molecular weight is 330 g/mol. The second-order valence-electron chi connectivity index (χ2n) is 6.14. The number of benzene rings is 1. The molecule has 130 valence electrons. The molecule has 2 amide bonds. The van der Waals surface area contributed by atoms with Crippen molar-refractivity contribution >= 4 is 23.2 Å². The Hall–Kier alpha value is -2.21. The molecule has 6 nitrogen and oxygen atoms in total. The van der Waals surface area contributed by atoms with Crippen molar-refractivity contribution < 1.29 is 9.59 Å². The molecule has 24 heavy (non-hydrogen) atoms. The Balaban J connectivity index is 1.79. The molecule has 6 heteroatoms. The maximum absolute atomic E-state index is 11.9. The number of hydrogen-bond acceptors (Lipinski definition) is 4. The van der Waals surface area contributed by atoms with Crippen LogP contribution in [0.5, 0.6) is 0 Å². The van der Waals surface area contributed by atoms with Gasteiger partial charge in [0, 0.05) is 25.6 Å². The maximum Gasteiger partial charge on any atom is 0.241 e. The highest BCUT2D eigenvalue weighted by Crippen LogP contribution is 2.10. The van der Waals surface area contributed by atoms with Crippen molar-refractivity contribution in [3.63, 3.8) is 0 Å². The molecule has 2 N–H and O–H groups in total. The number of carbonyl (C=O) groups is 2.